The van der Waals surface area contributed by atoms with Gasteiger partial charge in [0.25, 0.3) is 0 Å². The highest BCUT2D eigenvalue weighted by molar-refractivity contribution is 5.87. The molecule has 0 aliphatic carbocycles. The second-order valence-electron chi connectivity index (χ2n) is 4.81. The predicted octanol–water partition coefficient (Wildman–Crippen LogP) is 1.06. The zero-order chi connectivity index (χ0) is 14.3. The van der Waals surface area contributed by atoms with Gasteiger partial charge in [-0.05, 0) is 11.8 Å². The second kappa shape index (κ2) is 8.08. The summed E-state index contributed by atoms with van der Waals surface area (Å²) in [4.78, 5) is 23.6. The van der Waals surface area contributed by atoms with Crippen LogP contribution in [0.3, 0.4) is 0 Å². The van der Waals surface area contributed by atoms with Crippen LogP contribution in [0.25, 0.3) is 0 Å². The van der Waals surface area contributed by atoms with Gasteiger partial charge in [0.2, 0.25) is 5.91 Å². The van der Waals surface area contributed by atoms with Crippen LogP contribution in [0.15, 0.2) is 0 Å². The summed E-state index contributed by atoms with van der Waals surface area (Å²) in [6, 6.07) is -1.21. The van der Waals surface area contributed by atoms with E-state index in [9.17, 15) is 9.59 Å². The van der Waals surface area contributed by atoms with Gasteiger partial charge in [-0.25, -0.2) is 4.79 Å². The molecule has 3 N–H and O–H groups in total. The minimum atomic E-state index is -0.623. The highest BCUT2D eigenvalue weighted by Crippen LogP contribution is 2.11. The topological polar surface area (TPSA) is 81.4 Å². The van der Waals surface area contributed by atoms with Crippen molar-refractivity contribution in [1.82, 2.24) is 5.32 Å². The van der Waals surface area contributed by atoms with Crippen molar-refractivity contribution in [3.63, 3.8) is 0 Å². The molecule has 5 nitrogen and oxygen atoms in total. The first-order chi connectivity index (χ1) is 8.38. The first kappa shape index (κ1) is 16.9. The molecule has 5 heteroatoms. The number of esters is 1. The second-order valence-corrected chi connectivity index (χ2v) is 4.81. The molecule has 0 fully saturated rings. The lowest BCUT2D eigenvalue weighted by molar-refractivity contribution is -0.146. The lowest BCUT2D eigenvalue weighted by atomic mass is 9.96. The average molecular weight is 258 g/mol. The van der Waals surface area contributed by atoms with Crippen molar-refractivity contribution in [3.8, 4) is 0 Å². The van der Waals surface area contributed by atoms with E-state index in [1.807, 2.05) is 27.7 Å². The number of carbonyl (C=O) groups is 2. The Kier molecular flexibility index (Phi) is 7.59. The summed E-state index contributed by atoms with van der Waals surface area (Å²) in [5.74, 6) is -0.611. The Balaban J connectivity index is 4.68. The molecular formula is C13H26N2O3. The molecule has 0 rings (SSSR count). The zero-order valence-electron chi connectivity index (χ0n) is 12.0. The minimum absolute atomic E-state index is 0.0190. The van der Waals surface area contributed by atoms with Crippen molar-refractivity contribution in [1.29, 1.82) is 0 Å². The van der Waals surface area contributed by atoms with Gasteiger partial charge in [0, 0.05) is 0 Å². The first-order valence-corrected chi connectivity index (χ1v) is 6.52. The molecular weight excluding hydrogens is 232 g/mol. The maximum atomic E-state index is 12.0. The number of carbonyl (C=O) groups excluding carboxylic acids is 2. The van der Waals surface area contributed by atoms with E-state index < -0.39 is 18.1 Å². The van der Waals surface area contributed by atoms with E-state index in [1.54, 1.807) is 0 Å². The third-order valence-electron chi connectivity index (χ3n) is 3.53. The smallest absolute Gasteiger partial charge is 0.328 e. The average Bonchev–Trinajstić information content (AvgIpc) is 2.40. The Morgan fingerprint density at radius 2 is 1.67 bits per heavy atom. The molecule has 106 valence electrons. The molecule has 0 aliphatic heterocycles. The maximum Gasteiger partial charge on any atom is 0.328 e. The Morgan fingerprint density at radius 1 is 1.17 bits per heavy atom. The van der Waals surface area contributed by atoms with Gasteiger partial charge in [-0.15, -0.1) is 0 Å². The molecule has 0 saturated heterocycles. The largest absolute Gasteiger partial charge is 0.467 e. The van der Waals surface area contributed by atoms with E-state index >= 15 is 0 Å². The van der Waals surface area contributed by atoms with Gasteiger partial charge in [0.05, 0.1) is 13.2 Å². The molecule has 0 aliphatic rings. The maximum absolute atomic E-state index is 12.0. The number of amides is 1. The molecule has 18 heavy (non-hydrogen) atoms. The van der Waals surface area contributed by atoms with Gasteiger partial charge in [-0.3, -0.25) is 4.79 Å². The van der Waals surface area contributed by atoms with Crippen molar-refractivity contribution < 1.29 is 14.3 Å². The van der Waals surface area contributed by atoms with Gasteiger partial charge >= 0.3 is 5.97 Å². The van der Waals surface area contributed by atoms with E-state index in [0.29, 0.717) is 0 Å². The summed E-state index contributed by atoms with van der Waals surface area (Å²) in [5, 5.41) is 2.69. The van der Waals surface area contributed by atoms with Crippen molar-refractivity contribution in [2.24, 2.45) is 17.6 Å². The van der Waals surface area contributed by atoms with E-state index in [0.717, 1.165) is 12.8 Å². The Bertz CT molecular complexity index is 281. The van der Waals surface area contributed by atoms with E-state index in [-0.39, 0.29) is 17.7 Å². The molecule has 0 radical (unpaired) electrons. The molecule has 0 bridgehead atoms. The van der Waals surface area contributed by atoms with Crippen LogP contribution >= 0.6 is 0 Å². The van der Waals surface area contributed by atoms with Gasteiger partial charge in [-0.2, -0.15) is 0 Å². The lowest BCUT2D eigenvalue weighted by Crippen LogP contribution is -2.53. The summed E-state index contributed by atoms with van der Waals surface area (Å²) < 4.78 is 4.71. The first-order valence-electron chi connectivity index (χ1n) is 6.52. The van der Waals surface area contributed by atoms with Crippen LogP contribution in [-0.4, -0.2) is 31.1 Å². The molecule has 0 aromatic carbocycles. The van der Waals surface area contributed by atoms with Crippen LogP contribution in [-0.2, 0) is 14.3 Å². The third-order valence-corrected chi connectivity index (χ3v) is 3.53. The number of rotatable bonds is 7. The standard InChI is InChI=1S/C13H26N2O3/c1-6-8(3)10(14)12(16)15-11(9(4)7-2)13(17)18-5/h8-11H,6-7,14H2,1-5H3,(H,15,16)/t8-,9?,10-,11?/m0/s1. The van der Waals surface area contributed by atoms with Crippen LogP contribution in [0.4, 0.5) is 0 Å². The quantitative estimate of drug-likeness (QED) is 0.669. The van der Waals surface area contributed by atoms with Crippen LogP contribution in [0, 0.1) is 11.8 Å². The SMILES string of the molecule is CCC(C)C(NC(=O)[C@@H](N)[C@@H](C)CC)C(=O)OC. The molecule has 4 atom stereocenters. The van der Waals surface area contributed by atoms with Gasteiger partial charge in [0.15, 0.2) is 0 Å². The van der Waals surface area contributed by atoms with Crippen molar-refractivity contribution in [2.75, 3.05) is 7.11 Å². The fourth-order valence-corrected chi connectivity index (χ4v) is 1.56. The molecule has 0 aromatic heterocycles. The summed E-state index contributed by atoms with van der Waals surface area (Å²) in [7, 11) is 1.32. The molecule has 0 spiro atoms. The van der Waals surface area contributed by atoms with Crippen LogP contribution < -0.4 is 11.1 Å². The molecule has 2 unspecified atom stereocenters. The van der Waals surface area contributed by atoms with Gasteiger partial charge in [0.1, 0.15) is 6.04 Å². The van der Waals surface area contributed by atoms with Crippen LogP contribution in [0.1, 0.15) is 40.5 Å². The lowest BCUT2D eigenvalue weighted by Gasteiger charge is -2.25. The van der Waals surface area contributed by atoms with Crippen LogP contribution in [0.2, 0.25) is 0 Å². The Hall–Kier alpha value is -1.10. The number of nitrogens with one attached hydrogen (secondary N) is 1. The molecule has 0 aromatic rings. The Morgan fingerprint density at radius 3 is 2.06 bits per heavy atom. The monoisotopic (exact) mass is 258 g/mol. The van der Waals surface area contributed by atoms with E-state index in [4.69, 9.17) is 10.5 Å². The minimum Gasteiger partial charge on any atom is -0.467 e. The number of methoxy groups -OCH3 is 1. The zero-order valence-corrected chi connectivity index (χ0v) is 12.0. The van der Waals surface area contributed by atoms with Crippen molar-refractivity contribution in [2.45, 2.75) is 52.6 Å². The Labute approximate surface area is 109 Å². The summed E-state index contributed by atoms with van der Waals surface area (Å²) in [5.41, 5.74) is 5.84. The van der Waals surface area contributed by atoms with E-state index in [2.05, 4.69) is 5.32 Å². The summed E-state index contributed by atoms with van der Waals surface area (Å²) >= 11 is 0. The fourth-order valence-electron chi connectivity index (χ4n) is 1.56. The molecule has 0 heterocycles. The third kappa shape index (κ3) is 4.64. The van der Waals surface area contributed by atoms with Crippen molar-refractivity contribution >= 4 is 11.9 Å². The summed E-state index contributed by atoms with van der Waals surface area (Å²) in [6.45, 7) is 7.75. The molecule has 0 saturated carbocycles. The summed E-state index contributed by atoms with van der Waals surface area (Å²) in [6.07, 6.45) is 1.60. The van der Waals surface area contributed by atoms with Gasteiger partial charge < -0.3 is 15.8 Å². The number of ether oxygens (including phenoxy) is 1. The van der Waals surface area contributed by atoms with Crippen LogP contribution in [0.5, 0.6) is 0 Å². The highest BCUT2D eigenvalue weighted by Gasteiger charge is 2.29. The highest BCUT2D eigenvalue weighted by atomic mass is 16.5. The van der Waals surface area contributed by atoms with Gasteiger partial charge in [-0.1, -0.05) is 40.5 Å². The molecule has 1 amide bonds. The fraction of sp³-hybridized carbons (Fsp3) is 0.846. The number of nitrogens with two attached hydrogens (primary N) is 1. The number of hydrogen-bond donors (Lipinski definition) is 2. The number of hydrogen-bond acceptors (Lipinski definition) is 4. The normalized spacial score (nSPS) is 17.4. The van der Waals surface area contributed by atoms with Crippen molar-refractivity contribution in [3.05, 3.63) is 0 Å². The van der Waals surface area contributed by atoms with E-state index in [1.165, 1.54) is 7.11 Å². The predicted molar refractivity (Wildman–Crippen MR) is 70.8 cm³/mol.